The highest BCUT2D eigenvalue weighted by molar-refractivity contribution is 5.93. The molecule has 0 aliphatic heterocycles. The number of carbonyl (C=O) groups excluding carboxylic acids is 1. The first kappa shape index (κ1) is 10.3. The lowest BCUT2D eigenvalue weighted by molar-refractivity contribution is -0.120. The Bertz CT molecular complexity index is 472. The van der Waals surface area contributed by atoms with Gasteiger partial charge in [0.1, 0.15) is 5.69 Å². The number of nitrogens with one attached hydrogen (secondary N) is 2. The third-order valence-corrected chi connectivity index (χ3v) is 3.67. The molecule has 2 aliphatic rings. The highest BCUT2D eigenvalue weighted by Crippen LogP contribution is 2.54. The van der Waals surface area contributed by atoms with Gasteiger partial charge in [-0.15, -0.1) is 0 Å². The summed E-state index contributed by atoms with van der Waals surface area (Å²) in [6.07, 6.45) is 3.20. The van der Waals surface area contributed by atoms with Crippen molar-refractivity contribution in [2.45, 2.75) is 19.3 Å². The Morgan fingerprint density at radius 1 is 1.35 bits per heavy atom. The topological polar surface area (TPSA) is 95.1 Å². The molecule has 3 N–H and O–H groups in total. The first-order chi connectivity index (χ1) is 8.13. The molecule has 6 nitrogen and oxygen atoms in total. The van der Waals surface area contributed by atoms with E-state index in [4.69, 9.17) is 5.11 Å². The summed E-state index contributed by atoms with van der Waals surface area (Å²) in [6.45, 7) is 0. The number of anilines is 1. The molecule has 6 heteroatoms. The summed E-state index contributed by atoms with van der Waals surface area (Å²) >= 11 is 0. The Morgan fingerprint density at radius 3 is 2.65 bits per heavy atom. The molecule has 1 heterocycles. The van der Waals surface area contributed by atoms with E-state index >= 15 is 0 Å². The number of carbonyl (C=O) groups is 2. The molecule has 2 atom stereocenters. The molecular weight excluding hydrogens is 222 g/mol. The lowest BCUT2D eigenvalue weighted by Gasteiger charge is -2.09. The molecule has 0 radical (unpaired) electrons. The number of hydrogen-bond donors (Lipinski definition) is 3. The van der Waals surface area contributed by atoms with Crippen LogP contribution in [0.25, 0.3) is 0 Å². The first-order valence-electron chi connectivity index (χ1n) is 5.73. The van der Waals surface area contributed by atoms with Crippen LogP contribution in [0, 0.1) is 17.8 Å². The Kier molecular flexibility index (Phi) is 2.17. The summed E-state index contributed by atoms with van der Waals surface area (Å²) in [4.78, 5) is 22.5. The summed E-state index contributed by atoms with van der Waals surface area (Å²) in [7, 11) is 0. The van der Waals surface area contributed by atoms with Crippen LogP contribution in [-0.2, 0) is 4.79 Å². The van der Waals surface area contributed by atoms with Crippen molar-refractivity contribution >= 4 is 17.7 Å². The second kappa shape index (κ2) is 3.58. The van der Waals surface area contributed by atoms with Gasteiger partial charge >= 0.3 is 5.97 Å². The van der Waals surface area contributed by atoms with Crippen molar-refractivity contribution in [3.05, 3.63) is 11.8 Å². The van der Waals surface area contributed by atoms with Gasteiger partial charge in [0, 0.05) is 12.0 Å². The van der Waals surface area contributed by atoms with E-state index < -0.39 is 5.97 Å². The number of hydrogen-bond acceptors (Lipinski definition) is 3. The second-order valence-electron chi connectivity index (χ2n) is 4.89. The van der Waals surface area contributed by atoms with Crippen LogP contribution in [0.2, 0.25) is 0 Å². The molecule has 90 valence electrons. The van der Waals surface area contributed by atoms with Gasteiger partial charge in [-0.05, 0) is 31.1 Å². The number of H-pyrrole nitrogens is 1. The predicted octanol–water partition coefficient (Wildman–Crippen LogP) is 1.09. The quantitative estimate of drug-likeness (QED) is 0.730. The Labute approximate surface area is 97.4 Å². The van der Waals surface area contributed by atoms with Gasteiger partial charge < -0.3 is 10.4 Å². The van der Waals surface area contributed by atoms with Gasteiger partial charge in [-0.1, -0.05) is 0 Å². The van der Waals surface area contributed by atoms with Crippen LogP contribution in [0.5, 0.6) is 0 Å². The summed E-state index contributed by atoms with van der Waals surface area (Å²) in [5, 5.41) is 17.5. The van der Waals surface area contributed by atoms with Crippen molar-refractivity contribution < 1.29 is 14.7 Å². The minimum atomic E-state index is -1.08. The van der Waals surface area contributed by atoms with E-state index in [9.17, 15) is 9.59 Å². The molecule has 2 saturated carbocycles. The normalized spacial score (nSPS) is 29.8. The van der Waals surface area contributed by atoms with E-state index in [2.05, 4.69) is 15.5 Å². The molecule has 0 bridgehead atoms. The SMILES string of the molecule is O=C(O)c1cc(NC(=O)C2CC3CC3C2)n[nH]1. The van der Waals surface area contributed by atoms with Crippen molar-refractivity contribution in [3.8, 4) is 0 Å². The van der Waals surface area contributed by atoms with Crippen LogP contribution in [0.1, 0.15) is 29.8 Å². The lowest BCUT2D eigenvalue weighted by Crippen LogP contribution is -2.21. The Hall–Kier alpha value is -1.85. The molecule has 2 aliphatic carbocycles. The zero-order valence-electron chi connectivity index (χ0n) is 9.14. The summed E-state index contributed by atoms with van der Waals surface area (Å²) in [5.74, 6) is 0.733. The first-order valence-corrected chi connectivity index (χ1v) is 5.73. The van der Waals surface area contributed by atoms with Crippen LogP contribution < -0.4 is 5.32 Å². The van der Waals surface area contributed by atoms with Crippen molar-refractivity contribution in [2.75, 3.05) is 5.32 Å². The lowest BCUT2D eigenvalue weighted by atomic mass is 10.0. The van der Waals surface area contributed by atoms with Gasteiger partial charge in [0.15, 0.2) is 5.82 Å². The molecule has 3 rings (SSSR count). The number of aromatic amines is 1. The molecule has 2 unspecified atom stereocenters. The van der Waals surface area contributed by atoms with Gasteiger partial charge in [-0.2, -0.15) is 5.10 Å². The van der Waals surface area contributed by atoms with E-state index in [1.54, 1.807) is 0 Å². The number of aromatic carboxylic acids is 1. The third-order valence-electron chi connectivity index (χ3n) is 3.67. The maximum atomic E-state index is 11.8. The van der Waals surface area contributed by atoms with E-state index in [1.165, 1.54) is 12.5 Å². The molecular formula is C11H13N3O3. The van der Waals surface area contributed by atoms with Crippen molar-refractivity contribution in [3.63, 3.8) is 0 Å². The molecule has 1 amide bonds. The smallest absolute Gasteiger partial charge is 0.353 e. The number of amides is 1. The number of rotatable bonds is 3. The number of aromatic nitrogens is 2. The molecule has 2 fully saturated rings. The minimum Gasteiger partial charge on any atom is -0.477 e. The van der Waals surface area contributed by atoms with E-state index in [0.717, 1.165) is 24.7 Å². The maximum Gasteiger partial charge on any atom is 0.353 e. The monoisotopic (exact) mass is 235 g/mol. The van der Waals surface area contributed by atoms with Gasteiger partial charge in [-0.25, -0.2) is 4.79 Å². The summed E-state index contributed by atoms with van der Waals surface area (Å²) < 4.78 is 0. The number of fused-ring (bicyclic) bond motifs is 1. The fourth-order valence-corrected chi connectivity index (χ4v) is 2.65. The molecule has 17 heavy (non-hydrogen) atoms. The number of nitrogens with zero attached hydrogens (tertiary/aromatic N) is 1. The highest BCUT2D eigenvalue weighted by atomic mass is 16.4. The van der Waals surface area contributed by atoms with Crippen molar-refractivity contribution in [1.29, 1.82) is 0 Å². The number of carboxylic acids is 1. The van der Waals surface area contributed by atoms with Crippen molar-refractivity contribution in [1.82, 2.24) is 10.2 Å². The standard InChI is InChI=1S/C11H13N3O3/c15-10(7-2-5-1-6(5)3-7)12-9-4-8(11(16)17)13-14-9/h4-7H,1-3H2,(H,16,17)(H2,12,13,14,15). The van der Waals surface area contributed by atoms with E-state index in [-0.39, 0.29) is 23.3 Å². The van der Waals surface area contributed by atoms with Crippen LogP contribution in [0.15, 0.2) is 6.07 Å². The molecule has 1 aromatic rings. The average molecular weight is 235 g/mol. The van der Waals surface area contributed by atoms with Crippen LogP contribution in [0.3, 0.4) is 0 Å². The molecule has 1 aromatic heterocycles. The van der Waals surface area contributed by atoms with Crippen LogP contribution in [-0.4, -0.2) is 27.2 Å². The fraction of sp³-hybridized carbons (Fsp3) is 0.545. The van der Waals surface area contributed by atoms with Crippen molar-refractivity contribution in [2.24, 2.45) is 17.8 Å². The third kappa shape index (κ3) is 1.90. The minimum absolute atomic E-state index is 0.0189. The van der Waals surface area contributed by atoms with Gasteiger partial charge in [0.25, 0.3) is 0 Å². The summed E-state index contributed by atoms with van der Waals surface area (Å²) in [6, 6.07) is 1.33. The van der Waals surface area contributed by atoms with Crippen LogP contribution >= 0.6 is 0 Å². The van der Waals surface area contributed by atoms with Gasteiger partial charge in [-0.3, -0.25) is 9.89 Å². The highest BCUT2D eigenvalue weighted by Gasteiger charge is 2.48. The maximum absolute atomic E-state index is 11.8. The Balaban J connectivity index is 1.61. The fourth-order valence-electron chi connectivity index (χ4n) is 2.65. The van der Waals surface area contributed by atoms with E-state index in [0.29, 0.717) is 0 Å². The van der Waals surface area contributed by atoms with Gasteiger partial charge in [0.05, 0.1) is 0 Å². The zero-order chi connectivity index (χ0) is 12.0. The van der Waals surface area contributed by atoms with Crippen LogP contribution in [0.4, 0.5) is 5.82 Å². The van der Waals surface area contributed by atoms with Gasteiger partial charge in [0.2, 0.25) is 5.91 Å². The number of carboxylic acid groups (broad SMARTS) is 1. The second-order valence-corrected chi connectivity index (χ2v) is 4.89. The molecule has 0 spiro atoms. The molecule has 0 aromatic carbocycles. The zero-order valence-corrected chi connectivity index (χ0v) is 9.14. The molecule has 0 saturated heterocycles. The summed E-state index contributed by atoms with van der Waals surface area (Å²) in [5.41, 5.74) is -0.0189. The average Bonchev–Trinajstić information content (AvgIpc) is 2.75. The van der Waals surface area contributed by atoms with E-state index in [1.807, 2.05) is 0 Å². The largest absolute Gasteiger partial charge is 0.477 e. The predicted molar refractivity (Wildman–Crippen MR) is 58.5 cm³/mol. The Morgan fingerprint density at radius 2 is 2.06 bits per heavy atom.